The zero-order valence-corrected chi connectivity index (χ0v) is 17.0. The lowest BCUT2D eigenvalue weighted by Crippen LogP contribution is -2.71. The van der Waals surface area contributed by atoms with Crippen LogP contribution in [-0.2, 0) is 30.3 Å². The molecule has 4 heterocycles. The number of fused-ring (bicyclic) bond motifs is 1. The molecule has 0 aliphatic carbocycles. The van der Waals surface area contributed by atoms with Gasteiger partial charge in [-0.2, -0.15) is 0 Å². The van der Waals surface area contributed by atoms with Gasteiger partial charge >= 0.3 is 5.97 Å². The topological polar surface area (TPSA) is 116 Å². The number of ether oxygens (including phenoxy) is 1. The van der Waals surface area contributed by atoms with Gasteiger partial charge in [0.1, 0.15) is 17.1 Å². The number of thioether (sulfide) groups is 1. The fourth-order valence-electron chi connectivity index (χ4n) is 3.54. The molecule has 4 rings (SSSR count). The van der Waals surface area contributed by atoms with Gasteiger partial charge in [0.2, 0.25) is 5.91 Å². The van der Waals surface area contributed by atoms with E-state index in [4.69, 9.17) is 4.74 Å². The van der Waals surface area contributed by atoms with Crippen LogP contribution in [0.2, 0.25) is 0 Å². The van der Waals surface area contributed by atoms with Crippen LogP contribution in [0, 0.1) is 0 Å². The fourth-order valence-corrected chi connectivity index (χ4v) is 5.57. The number of morpholine rings is 1. The molecule has 2 fully saturated rings. The number of carboxylic acids is 1. The predicted octanol–water partition coefficient (Wildman–Crippen LogP) is -0.112. The molecule has 1 unspecified atom stereocenters. The summed E-state index contributed by atoms with van der Waals surface area (Å²) in [6.07, 6.45) is 0.168. The van der Waals surface area contributed by atoms with Crippen molar-refractivity contribution in [3.8, 4) is 0 Å². The van der Waals surface area contributed by atoms with Crippen LogP contribution in [0.4, 0.5) is 0 Å². The quantitative estimate of drug-likeness (QED) is 0.618. The molecule has 29 heavy (non-hydrogen) atoms. The Morgan fingerprint density at radius 3 is 2.69 bits per heavy atom. The third kappa shape index (κ3) is 3.77. The van der Waals surface area contributed by atoms with E-state index >= 15 is 0 Å². The second kappa shape index (κ2) is 8.17. The van der Waals surface area contributed by atoms with Crippen molar-refractivity contribution in [3.05, 3.63) is 33.7 Å². The molecule has 3 aliphatic heterocycles. The SMILES string of the molecule is O=C(Cc1cccs1)NC1C(=O)N2C(C(=O)O)=C(C(=O)N3CCOCC3)CS[C@H]12. The Bertz CT molecular complexity index is 878. The largest absolute Gasteiger partial charge is 0.477 e. The number of amides is 3. The molecule has 2 saturated heterocycles. The molecule has 154 valence electrons. The molecule has 3 amide bonds. The number of nitrogens with zero attached hydrogens (tertiary/aromatic N) is 2. The van der Waals surface area contributed by atoms with Crippen LogP contribution in [0.3, 0.4) is 0 Å². The summed E-state index contributed by atoms with van der Waals surface area (Å²) in [6.45, 7) is 1.58. The van der Waals surface area contributed by atoms with Crippen molar-refractivity contribution in [1.29, 1.82) is 0 Å². The Kier molecular flexibility index (Phi) is 5.61. The van der Waals surface area contributed by atoms with E-state index in [0.29, 0.717) is 26.3 Å². The van der Waals surface area contributed by atoms with E-state index in [0.717, 1.165) is 9.78 Å². The van der Waals surface area contributed by atoms with E-state index in [9.17, 15) is 24.3 Å². The number of rotatable bonds is 5. The third-order valence-corrected chi connectivity index (χ3v) is 7.11. The van der Waals surface area contributed by atoms with E-state index in [1.54, 1.807) is 4.90 Å². The normalized spacial score (nSPS) is 24.1. The number of hydrogen-bond acceptors (Lipinski definition) is 7. The van der Waals surface area contributed by atoms with Gasteiger partial charge in [-0.25, -0.2) is 4.79 Å². The highest BCUT2D eigenvalue weighted by Crippen LogP contribution is 2.40. The number of carbonyl (C=O) groups is 4. The Labute approximate surface area is 174 Å². The van der Waals surface area contributed by atoms with Gasteiger partial charge in [0.25, 0.3) is 11.8 Å². The highest BCUT2D eigenvalue weighted by atomic mass is 32.2. The molecule has 2 atom stereocenters. The minimum atomic E-state index is -1.32. The minimum absolute atomic E-state index is 0.109. The first-order valence-electron chi connectivity index (χ1n) is 9.07. The first-order valence-corrected chi connectivity index (χ1v) is 11.0. The lowest BCUT2D eigenvalue weighted by atomic mass is 10.0. The van der Waals surface area contributed by atoms with Gasteiger partial charge in [-0.05, 0) is 11.4 Å². The molecule has 0 saturated carbocycles. The van der Waals surface area contributed by atoms with Crippen LogP contribution in [-0.4, -0.2) is 82.1 Å². The second-order valence-electron chi connectivity index (χ2n) is 6.75. The molecule has 0 radical (unpaired) electrons. The molecule has 1 aromatic rings. The standard InChI is InChI=1S/C18H19N3O6S2/c22-12(8-10-2-1-7-28-10)19-13-16(24)21-14(18(25)26)11(9-29-17(13)21)15(23)20-3-5-27-6-4-20/h1-2,7,13,17H,3-6,8-9H2,(H,19,22)(H,25,26)/t13?,17-/m1/s1. The first-order chi connectivity index (χ1) is 14.0. The van der Waals surface area contributed by atoms with Crippen LogP contribution in [0.25, 0.3) is 0 Å². The molecule has 1 aromatic heterocycles. The monoisotopic (exact) mass is 437 g/mol. The summed E-state index contributed by atoms with van der Waals surface area (Å²) in [4.78, 5) is 53.2. The first kappa shape index (κ1) is 19.9. The molecular weight excluding hydrogens is 418 g/mol. The van der Waals surface area contributed by atoms with Gasteiger partial charge in [-0.3, -0.25) is 19.3 Å². The summed E-state index contributed by atoms with van der Waals surface area (Å²) >= 11 is 2.74. The molecule has 0 aromatic carbocycles. The van der Waals surface area contributed by atoms with Gasteiger partial charge in [0.05, 0.1) is 25.2 Å². The molecular formula is C18H19N3O6S2. The summed E-state index contributed by atoms with van der Waals surface area (Å²) in [7, 11) is 0. The number of carboxylic acid groups (broad SMARTS) is 1. The molecule has 0 bridgehead atoms. The Hall–Kier alpha value is -2.37. The van der Waals surface area contributed by atoms with Crippen LogP contribution in [0.5, 0.6) is 0 Å². The van der Waals surface area contributed by atoms with Crippen LogP contribution in [0.15, 0.2) is 28.8 Å². The van der Waals surface area contributed by atoms with Crippen molar-refractivity contribution in [2.75, 3.05) is 32.1 Å². The summed E-state index contributed by atoms with van der Waals surface area (Å²) in [5.41, 5.74) is -0.170. The lowest BCUT2D eigenvalue weighted by Gasteiger charge is -2.49. The number of thiophene rings is 1. The Morgan fingerprint density at radius 2 is 2.03 bits per heavy atom. The van der Waals surface area contributed by atoms with Crippen molar-refractivity contribution in [1.82, 2.24) is 15.1 Å². The van der Waals surface area contributed by atoms with Gasteiger partial charge in [-0.15, -0.1) is 23.1 Å². The number of carbonyl (C=O) groups excluding carboxylic acids is 3. The van der Waals surface area contributed by atoms with Crippen molar-refractivity contribution in [2.24, 2.45) is 0 Å². The van der Waals surface area contributed by atoms with E-state index in [-0.39, 0.29) is 35.3 Å². The number of aliphatic carboxylic acids is 1. The summed E-state index contributed by atoms with van der Waals surface area (Å²) in [5.74, 6) is -2.32. The van der Waals surface area contributed by atoms with Crippen LogP contribution in [0.1, 0.15) is 4.88 Å². The van der Waals surface area contributed by atoms with Crippen LogP contribution < -0.4 is 5.32 Å². The van der Waals surface area contributed by atoms with Crippen molar-refractivity contribution < 1.29 is 29.0 Å². The highest BCUT2D eigenvalue weighted by molar-refractivity contribution is 8.00. The molecule has 9 nitrogen and oxygen atoms in total. The minimum Gasteiger partial charge on any atom is -0.477 e. The second-order valence-corrected chi connectivity index (χ2v) is 8.89. The molecule has 2 N–H and O–H groups in total. The number of β-lactam (4-membered cyclic amide) rings is 1. The fraction of sp³-hybridized carbons (Fsp3) is 0.444. The zero-order valence-electron chi connectivity index (χ0n) is 15.3. The molecule has 0 spiro atoms. The third-order valence-electron chi connectivity index (χ3n) is 4.96. The Morgan fingerprint density at radius 1 is 1.28 bits per heavy atom. The van der Waals surface area contributed by atoms with E-state index in [1.165, 1.54) is 23.1 Å². The number of hydrogen-bond donors (Lipinski definition) is 2. The maximum atomic E-state index is 12.8. The van der Waals surface area contributed by atoms with Crippen molar-refractivity contribution in [2.45, 2.75) is 17.8 Å². The van der Waals surface area contributed by atoms with Crippen LogP contribution >= 0.6 is 23.1 Å². The van der Waals surface area contributed by atoms with E-state index in [1.807, 2.05) is 17.5 Å². The molecule has 3 aliphatic rings. The predicted molar refractivity (Wildman–Crippen MR) is 105 cm³/mol. The maximum absolute atomic E-state index is 12.8. The highest BCUT2D eigenvalue weighted by Gasteiger charge is 2.55. The van der Waals surface area contributed by atoms with Crippen molar-refractivity contribution in [3.63, 3.8) is 0 Å². The van der Waals surface area contributed by atoms with Gasteiger partial charge in [-0.1, -0.05) is 6.07 Å². The summed E-state index contributed by atoms with van der Waals surface area (Å²) < 4.78 is 5.23. The van der Waals surface area contributed by atoms with E-state index in [2.05, 4.69) is 5.32 Å². The summed E-state index contributed by atoms with van der Waals surface area (Å²) in [6, 6.07) is 2.89. The number of nitrogens with one attached hydrogen (secondary N) is 1. The van der Waals surface area contributed by atoms with Crippen molar-refractivity contribution >= 4 is 46.8 Å². The maximum Gasteiger partial charge on any atom is 0.353 e. The zero-order chi connectivity index (χ0) is 20.5. The Balaban J connectivity index is 1.49. The average molecular weight is 437 g/mol. The van der Waals surface area contributed by atoms with Gasteiger partial charge in [0.15, 0.2) is 0 Å². The summed E-state index contributed by atoms with van der Waals surface area (Å²) in [5, 5.41) is 13.7. The molecule has 11 heteroatoms. The smallest absolute Gasteiger partial charge is 0.353 e. The lowest BCUT2D eigenvalue weighted by molar-refractivity contribution is -0.151. The van der Waals surface area contributed by atoms with E-state index < -0.39 is 23.3 Å². The average Bonchev–Trinajstić information content (AvgIpc) is 3.23. The van der Waals surface area contributed by atoms with Gasteiger partial charge < -0.3 is 20.1 Å². The van der Waals surface area contributed by atoms with Gasteiger partial charge in [0, 0.05) is 23.7 Å².